The Bertz CT molecular complexity index is 1390. The Morgan fingerprint density at radius 2 is 2.11 bits per heavy atom. The van der Waals surface area contributed by atoms with Crippen LogP contribution in [-0.4, -0.2) is 60.3 Å². The number of carbonyl (C=O) groups is 2. The van der Waals surface area contributed by atoms with Gasteiger partial charge in [0, 0.05) is 50.6 Å². The first-order valence-electron chi connectivity index (χ1n) is 11.2. The molecule has 0 bridgehead atoms. The molecule has 2 N–H and O–H groups in total. The van der Waals surface area contributed by atoms with Crippen molar-refractivity contribution in [2.75, 3.05) is 18.4 Å². The van der Waals surface area contributed by atoms with Crippen molar-refractivity contribution in [1.82, 2.24) is 34.7 Å². The first-order chi connectivity index (χ1) is 17.0. The molecule has 10 nitrogen and oxygen atoms in total. The molecule has 0 spiro atoms. The summed E-state index contributed by atoms with van der Waals surface area (Å²) < 4.78 is 15.9. The minimum atomic E-state index is -0.403. The van der Waals surface area contributed by atoms with Gasteiger partial charge in [-0.1, -0.05) is 11.3 Å². The first kappa shape index (κ1) is 22.8. The molecule has 1 aliphatic heterocycles. The fraction of sp³-hybridized carbons (Fsp3) is 0.304. The van der Waals surface area contributed by atoms with Crippen LogP contribution in [0.1, 0.15) is 19.8 Å². The molecule has 4 aromatic rings. The molecule has 0 radical (unpaired) electrons. The second-order valence-corrected chi connectivity index (χ2v) is 9.20. The maximum atomic E-state index is 14.0. The summed E-state index contributed by atoms with van der Waals surface area (Å²) in [6.45, 7) is 3.04. The molecular formula is C23H23FN8O2S. The molecule has 180 valence electrons. The van der Waals surface area contributed by atoms with Crippen LogP contribution in [0.3, 0.4) is 0 Å². The smallest absolute Gasteiger partial charge is 0.242 e. The Morgan fingerprint density at radius 3 is 2.94 bits per heavy atom. The highest BCUT2D eigenvalue weighted by atomic mass is 32.1. The molecule has 5 rings (SSSR count). The lowest BCUT2D eigenvalue weighted by atomic mass is 10.2. The normalized spacial score (nSPS) is 15.5. The summed E-state index contributed by atoms with van der Waals surface area (Å²) in [6.07, 6.45) is 9.21. The van der Waals surface area contributed by atoms with E-state index in [1.165, 1.54) is 30.7 Å². The minimum absolute atomic E-state index is 0.0750. The molecular weight excluding hydrogens is 471 g/mol. The minimum Gasteiger partial charge on any atom is -0.353 e. The number of halogens is 1. The summed E-state index contributed by atoms with van der Waals surface area (Å²) in [4.78, 5) is 43.4. The third-order valence-electron chi connectivity index (χ3n) is 5.90. The molecule has 5 heterocycles. The molecule has 0 unspecified atom stereocenters. The Kier molecular flexibility index (Phi) is 6.36. The zero-order valence-electron chi connectivity index (χ0n) is 18.9. The molecule has 1 fully saturated rings. The first-order valence-corrected chi connectivity index (χ1v) is 12.0. The zero-order chi connectivity index (χ0) is 24.4. The number of hydrogen-bond donors (Lipinski definition) is 2. The van der Waals surface area contributed by atoms with E-state index < -0.39 is 11.9 Å². The van der Waals surface area contributed by atoms with Crippen LogP contribution in [0.15, 0.2) is 43.2 Å². The summed E-state index contributed by atoms with van der Waals surface area (Å²) in [6, 6.07) is 3.07. The molecule has 1 saturated heterocycles. The average Bonchev–Trinajstić information content (AvgIpc) is 3.59. The summed E-state index contributed by atoms with van der Waals surface area (Å²) in [5.74, 6) is -0.0343. The number of nitrogens with zero attached hydrogens (tertiary/aromatic N) is 6. The molecule has 0 aromatic carbocycles. The largest absolute Gasteiger partial charge is 0.353 e. The van der Waals surface area contributed by atoms with Gasteiger partial charge < -0.3 is 20.1 Å². The fourth-order valence-corrected chi connectivity index (χ4v) is 5.03. The van der Waals surface area contributed by atoms with Gasteiger partial charge in [-0.05, 0) is 18.9 Å². The van der Waals surface area contributed by atoms with Crippen molar-refractivity contribution in [3.63, 3.8) is 0 Å². The van der Waals surface area contributed by atoms with Crippen LogP contribution >= 0.6 is 11.3 Å². The van der Waals surface area contributed by atoms with Crippen molar-refractivity contribution in [3.05, 3.63) is 49.1 Å². The zero-order valence-corrected chi connectivity index (χ0v) is 19.8. The second kappa shape index (κ2) is 9.74. The lowest BCUT2D eigenvalue weighted by Crippen LogP contribution is -2.45. The van der Waals surface area contributed by atoms with Crippen molar-refractivity contribution in [1.29, 1.82) is 0 Å². The van der Waals surface area contributed by atoms with Crippen molar-refractivity contribution >= 4 is 45.1 Å². The van der Waals surface area contributed by atoms with Gasteiger partial charge >= 0.3 is 0 Å². The quantitative estimate of drug-likeness (QED) is 0.406. The number of nitrogens with one attached hydrogen (secondary N) is 2. The van der Waals surface area contributed by atoms with E-state index in [0.717, 1.165) is 17.5 Å². The van der Waals surface area contributed by atoms with E-state index in [-0.39, 0.29) is 11.8 Å². The molecule has 0 aliphatic carbocycles. The van der Waals surface area contributed by atoms with Crippen LogP contribution in [0.2, 0.25) is 0 Å². The predicted molar refractivity (Wildman–Crippen MR) is 130 cm³/mol. The van der Waals surface area contributed by atoms with Gasteiger partial charge in [-0.3, -0.25) is 14.6 Å². The average molecular weight is 495 g/mol. The van der Waals surface area contributed by atoms with Gasteiger partial charge in [-0.25, -0.2) is 19.3 Å². The number of thiazole rings is 1. The molecule has 0 saturated carbocycles. The van der Waals surface area contributed by atoms with Crippen LogP contribution in [0.25, 0.3) is 21.5 Å². The Balaban J connectivity index is 1.24. The summed E-state index contributed by atoms with van der Waals surface area (Å²) in [5.41, 5.74) is 2.01. The van der Waals surface area contributed by atoms with Crippen molar-refractivity contribution < 1.29 is 14.0 Å². The summed E-state index contributed by atoms with van der Waals surface area (Å²) in [5, 5.41) is 6.67. The van der Waals surface area contributed by atoms with E-state index in [1.807, 2.05) is 10.6 Å². The third-order valence-corrected chi connectivity index (χ3v) is 6.84. The predicted octanol–water partition coefficient (Wildman–Crippen LogP) is 2.96. The van der Waals surface area contributed by atoms with E-state index in [0.29, 0.717) is 47.4 Å². The van der Waals surface area contributed by atoms with Crippen LogP contribution in [-0.2, 0) is 16.1 Å². The number of hydrogen-bond acceptors (Lipinski definition) is 8. The SMILES string of the molecule is CC(=O)N1CCC[C@H]1C(=O)NCCn1cnc2cnc(Nc3ncc(-c4ccncc4F)s3)cc21. The molecule has 35 heavy (non-hydrogen) atoms. The number of fused-ring (bicyclic) bond motifs is 1. The van der Waals surface area contributed by atoms with Crippen LogP contribution in [0.5, 0.6) is 0 Å². The molecule has 4 aromatic heterocycles. The highest BCUT2D eigenvalue weighted by Gasteiger charge is 2.31. The summed E-state index contributed by atoms with van der Waals surface area (Å²) >= 11 is 1.31. The molecule has 1 atom stereocenters. The fourth-order valence-electron chi connectivity index (χ4n) is 4.18. The number of pyridine rings is 2. The number of rotatable bonds is 7. The lowest BCUT2D eigenvalue weighted by molar-refractivity contribution is -0.136. The third kappa shape index (κ3) is 4.83. The monoisotopic (exact) mass is 494 g/mol. The Morgan fingerprint density at radius 1 is 1.23 bits per heavy atom. The number of amides is 2. The van der Waals surface area contributed by atoms with Gasteiger partial charge in [0.1, 0.15) is 23.2 Å². The van der Waals surface area contributed by atoms with E-state index >= 15 is 0 Å². The van der Waals surface area contributed by atoms with Gasteiger partial charge in [0.25, 0.3) is 0 Å². The lowest BCUT2D eigenvalue weighted by Gasteiger charge is -2.22. The van der Waals surface area contributed by atoms with Gasteiger partial charge in [0.15, 0.2) is 5.13 Å². The number of likely N-dealkylation sites (tertiary alicyclic amines) is 1. The van der Waals surface area contributed by atoms with Gasteiger partial charge in [-0.15, -0.1) is 0 Å². The topological polar surface area (TPSA) is 118 Å². The standard InChI is InChI=1S/C23H23FN8O2S/c1-14(33)32-7-2-3-18(32)22(34)26-6-8-31-13-29-17-11-27-21(9-19(17)31)30-23-28-12-20(35-23)15-4-5-25-10-16(15)24/h4-5,9-13,18H,2-3,6-8H2,1H3,(H,26,34)(H,27,28,30)/t18-/m0/s1. The molecule has 2 amide bonds. The number of imidazole rings is 1. The van der Waals surface area contributed by atoms with Crippen molar-refractivity contribution in [2.45, 2.75) is 32.4 Å². The maximum absolute atomic E-state index is 14.0. The maximum Gasteiger partial charge on any atom is 0.242 e. The number of aromatic nitrogens is 5. The number of anilines is 2. The highest BCUT2D eigenvalue weighted by Crippen LogP contribution is 2.31. The van der Waals surface area contributed by atoms with Gasteiger partial charge in [0.05, 0.1) is 29.1 Å². The highest BCUT2D eigenvalue weighted by molar-refractivity contribution is 7.18. The van der Waals surface area contributed by atoms with E-state index in [1.54, 1.807) is 29.7 Å². The summed E-state index contributed by atoms with van der Waals surface area (Å²) in [7, 11) is 0. The van der Waals surface area contributed by atoms with E-state index in [2.05, 4.69) is 30.6 Å². The van der Waals surface area contributed by atoms with Gasteiger partial charge in [-0.2, -0.15) is 0 Å². The molecule has 1 aliphatic rings. The molecule has 12 heteroatoms. The second-order valence-electron chi connectivity index (χ2n) is 8.17. The van der Waals surface area contributed by atoms with E-state index in [9.17, 15) is 14.0 Å². The number of carbonyl (C=O) groups excluding carboxylic acids is 2. The van der Waals surface area contributed by atoms with Crippen LogP contribution < -0.4 is 10.6 Å². The van der Waals surface area contributed by atoms with Gasteiger partial charge in [0.2, 0.25) is 11.8 Å². The Labute approximate surface area is 204 Å². The van der Waals surface area contributed by atoms with Crippen molar-refractivity contribution in [2.24, 2.45) is 0 Å². The van der Waals surface area contributed by atoms with Crippen LogP contribution in [0, 0.1) is 5.82 Å². The van der Waals surface area contributed by atoms with Crippen LogP contribution in [0.4, 0.5) is 15.3 Å². The van der Waals surface area contributed by atoms with Crippen molar-refractivity contribution in [3.8, 4) is 10.4 Å². The van der Waals surface area contributed by atoms with E-state index in [4.69, 9.17) is 0 Å². The Hall–Kier alpha value is -3.93.